The average molecular weight is 239 g/mol. The van der Waals surface area contributed by atoms with Crippen molar-refractivity contribution < 1.29 is 4.74 Å². The molecule has 0 bridgehead atoms. The van der Waals surface area contributed by atoms with Crippen LogP contribution in [-0.2, 0) is 4.74 Å². The van der Waals surface area contributed by atoms with Crippen LogP contribution in [0.3, 0.4) is 0 Å². The summed E-state index contributed by atoms with van der Waals surface area (Å²) in [5.41, 5.74) is 0. The highest BCUT2D eigenvalue weighted by Gasteiger charge is 2.21. The lowest BCUT2D eigenvalue weighted by molar-refractivity contribution is 0.0933. The van der Waals surface area contributed by atoms with Crippen LogP contribution in [0.5, 0.6) is 0 Å². The normalized spacial score (nSPS) is 28.4. The van der Waals surface area contributed by atoms with Crippen molar-refractivity contribution in [3.8, 4) is 0 Å². The van der Waals surface area contributed by atoms with Gasteiger partial charge in [0.2, 0.25) is 0 Å². The quantitative estimate of drug-likeness (QED) is 0.766. The van der Waals surface area contributed by atoms with Gasteiger partial charge in [-0.25, -0.2) is 0 Å². The van der Waals surface area contributed by atoms with Gasteiger partial charge in [-0.1, -0.05) is 32.1 Å². The number of hydrogen-bond acceptors (Lipinski definition) is 2. The lowest BCUT2D eigenvalue weighted by Crippen LogP contribution is -2.30. The van der Waals surface area contributed by atoms with Crippen molar-refractivity contribution in [1.29, 1.82) is 0 Å². The number of hydrogen-bond donors (Lipinski definition) is 1. The summed E-state index contributed by atoms with van der Waals surface area (Å²) in [6.45, 7) is 0.990. The third kappa shape index (κ3) is 4.59. The van der Waals surface area contributed by atoms with E-state index in [1.165, 1.54) is 64.2 Å². The zero-order valence-corrected chi connectivity index (χ0v) is 11.4. The van der Waals surface area contributed by atoms with Crippen LogP contribution in [-0.4, -0.2) is 25.8 Å². The van der Waals surface area contributed by atoms with Gasteiger partial charge in [-0.3, -0.25) is 0 Å². The molecule has 2 heteroatoms. The zero-order valence-electron chi connectivity index (χ0n) is 11.4. The summed E-state index contributed by atoms with van der Waals surface area (Å²) in [6.07, 6.45) is 14.5. The van der Waals surface area contributed by atoms with Gasteiger partial charge in [-0.15, -0.1) is 0 Å². The highest BCUT2D eigenvalue weighted by molar-refractivity contribution is 4.76. The van der Waals surface area contributed by atoms with Gasteiger partial charge in [0.1, 0.15) is 0 Å². The van der Waals surface area contributed by atoms with Gasteiger partial charge in [-0.2, -0.15) is 0 Å². The van der Waals surface area contributed by atoms with E-state index in [1.54, 1.807) is 0 Å². The molecule has 0 aromatic carbocycles. The molecule has 0 spiro atoms. The summed E-state index contributed by atoms with van der Waals surface area (Å²) in [7, 11) is 2.11. The monoisotopic (exact) mass is 239 g/mol. The lowest BCUT2D eigenvalue weighted by atomic mass is 9.84. The molecular weight excluding hydrogens is 210 g/mol. The molecule has 2 unspecified atom stereocenters. The van der Waals surface area contributed by atoms with E-state index in [-0.39, 0.29) is 0 Å². The second-order valence-corrected chi connectivity index (χ2v) is 5.94. The molecule has 2 rings (SSSR count). The Balaban J connectivity index is 1.63. The van der Waals surface area contributed by atoms with Crippen LogP contribution in [0.15, 0.2) is 0 Å². The molecule has 17 heavy (non-hydrogen) atoms. The van der Waals surface area contributed by atoms with E-state index >= 15 is 0 Å². The van der Waals surface area contributed by atoms with E-state index in [0.29, 0.717) is 12.1 Å². The van der Waals surface area contributed by atoms with Crippen LogP contribution in [0, 0.1) is 5.92 Å². The van der Waals surface area contributed by atoms with Crippen LogP contribution < -0.4 is 5.32 Å². The molecule has 100 valence electrons. The number of rotatable bonds is 6. The predicted molar refractivity (Wildman–Crippen MR) is 72.2 cm³/mol. The van der Waals surface area contributed by atoms with Crippen molar-refractivity contribution in [2.45, 2.75) is 76.4 Å². The van der Waals surface area contributed by atoms with Gasteiger partial charge >= 0.3 is 0 Å². The summed E-state index contributed by atoms with van der Waals surface area (Å²) in [6, 6.07) is 0.681. The van der Waals surface area contributed by atoms with Gasteiger partial charge < -0.3 is 10.1 Å². The molecule has 1 aliphatic heterocycles. The van der Waals surface area contributed by atoms with Crippen molar-refractivity contribution in [2.24, 2.45) is 5.92 Å². The largest absolute Gasteiger partial charge is 0.378 e. The molecule has 1 N–H and O–H groups in total. The highest BCUT2D eigenvalue weighted by atomic mass is 16.5. The van der Waals surface area contributed by atoms with Gasteiger partial charge in [0.15, 0.2) is 0 Å². The van der Waals surface area contributed by atoms with Crippen LogP contribution in [0.2, 0.25) is 0 Å². The average Bonchev–Trinajstić information content (AvgIpc) is 2.88. The van der Waals surface area contributed by atoms with E-state index < -0.39 is 0 Å². The first-order valence-corrected chi connectivity index (χ1v) is 7.67. The Hall–Kier alpha value is -0.0800. The van der Waals surface area contributed by atoms with Gasteiger partial charge in [0, 0.05) is 12.6 Å². The Kier molecular flexibility index (Phi) is 5.79. The third-order valence-corrected chi connectivity index (χ3v) is 4.63. The number of ether oxygens (including phenoxy) is 1. The number of nitrogens with one attached hydrogen (secondary N) is 1. The summed E-state index contributed by atoms with van der Waals surface area (Å²) in [5.74, 6) is 1.02. The standard InChI is InChI=1S/C15H29NO/c1-16-14(12-15-8-5-11-17-15)10-9-13-6-3-2-4-7-13/h13-16H,2-12H2,1H3. The van der Waals surface area contributed by atoms with Crippen LogP contribution >= 0.6 is 0 Å². The second-order valence-electron chi connectivity index (χ2n) is 5.94. The minimum atomic E-state index is 0.541. The molecule has 0 aromatic rings. The van der Waals surface area contributed by atoms with Crippen LogP contribution in [0.1, 0.15) is 64.2 Å². The lowest BCUT2D eigenvalue weighted by Gasteiger charge is -2.25. The van der Waals surface area contributed by atoms with E-state index in [4.69, 9.17) is 4.74 Å². The molecule has 1 saturated carbocycles. The fraction of sp³-hybridized carbons (Fsp3) is 1.00. The minimum Gasteiger partial charge on any atom is -0.378 e. The Morgan fingerprint density at radius 2 is 1.94 bits per heavy atom. The van der Waals surface area contributed by atoms with Gasteiger partial charge in [0.05, 0.1) is 6.10 Å². The summed E-state index contributed by atoms with van der Waals surface area (Å²) in [5, 5.41) is 3.49. The van der Waals surface area contributed by atoms with Crippen molar-refractivity contribution in [3.63, 3.8) is 0 Å². The summed E-state index contributed by atoms with van der Waals surface area (Å²) in [4.78, 5) is 0. The molecule has 1 heterocycles. The highest BCUT2D eigenvalue weighted by Crippen LogP contribution is 2.28. The Morgan fingerprint density at radius 3 is 2.59 bits per heavy atom. The molecule has 0 amide bonds. The molecule has 2 aliphatic rings. The van der Waals surface area contributed by atoms with Crippen LogP contribution in [0.25, 0.3) is 0 Å². The molecule has 2 nitrogen and oxygen atoms in total. The minimum absolute atomic E-state index is 0.541. The second kappa shape index (κ2) is 7.38. The Morgan fingerprint density at radius 1 is 1.12 bits per heavy atom. The zero-order chi connectivity index (χ0) is 11.9. The van der Waals surface area contributed by atoms with E-state index in [9.17, 15) is 0 Å². The van der Waals surface area contributed by atoms with Gasteiger partial charge in [0.25, 0.3) is 0 Å². The molecule has 1 saturated heterocycles. The maximum Gasteiger partial charge on any atom is 0.0590 e. The van der Waals surface area contributed by atoms with E-state index in [0.717, 1.165) is 12.5 Å². The molecule has 0 radical (unpaired) electrons. The molecule has 2 fully saturated rings. The maximum atomic E-state index is 5.74. The molecular formula is C15H29NO. The van der Waals surface area contributed by atoms with Crippen molar-refractivity contribution >= 4 is 0 Å². The Labute approximate surface area is 107 Å². The van der Waals surface area contributed by atoms with Crippen molar-refractivity contribution in [2.75, 3.05) is 13.7 Å². The molecule has 1 aliphatic carbocycles. The summed E-state index contributed by atoms with van der Waals surface area (Å²) < 4.78 is 5.74. The SMILES string of the molecule is CNC(CCC1CCCCC1)CC1CCCO1. The summed E-state index contributed by atoms with van der Waals surface area (Å²) >= 11 is 0. The first kappa shape index (κ1) is 13.4. The fourth-order valence-corrected chi connectivity index (χ4v) is 3.44. The van der Waals surface area contributed by atoms with E-state index in [2.05, 4.69) is 12.4 Å². The third-order valence-electron chi connectivity index (χ3n) is 4.63. The first-order chi connectivity index (χ1) is 8.38. The first-order valence-electron chi connectivity index (χ1n) is 7.67. The van der Waals surface area contributed by atoms with Crippen molar-refractivity contribution in [1.82, 2.24) is 5.32 Å². The van der Waals surface area contributed by atoms with Crippen molar-refractivity contribution in [3.05, 3.63) is 0 Å². The fourth-order valence-electron chi connectivity index (χ4n) is 3.44. The molecule has 2 atom stereocenters. The van der Waals surface area contributed by atoms with Gasteiger partial charge in [-0.05, 0) is 45.1 Å². The molecule has 0 aromatic heterocycles. The predicted octanol–water partition coefficient (Wildman–Crippen LogP) is 3.50. The maximum absolute atomic E-state index is 5.74. The Bertz CT molecular complexity index is 195. The van der Waals surface area contributed by atoms with Crippen LogP contribution in [0.4, 0.5) is 0 Å². The smallest absolute Gasteiger partial charge is 0.0590 e. The van der Waals surface area contributed by atoms with E-state index in [1.807, 2.05) is 0 Å². The topological polar surface area (TPSA) is 21.3 Å².